The molecule has 0 aliphatic carbocycles. The zero-order valence-electron chi connectivity index (χ0n) is 8.02. The Kier molecular flexibility index (Phi) is 5.93. The summed E-state index contributed by atoms with van der Waals surface area (Å²) < 4.78 is 4.54. The van der Waals surface area contributed by atoms with E-state index in [-0.39, 0.29) is 0 Å². The van der Waals surface area contributed by atoms with Gasteiger partial charge in [-0.05, 0) is 0 Å². The molecule has 0 aliphatic heterocycles. The average Bonchev–Trinajstić information content (AvgIpc) is 2.20. The molecule has 1 rings (SSSR count). The van der Waals surface area contributed by atoms with E-state index in [2.05, 4.69) is 55.0 Å². The minimum absolute atomic E-state index is 1.15. The number of benzene rings is 1. The summed E-state index contributed by atoms with van der Waals surface area (Å²) in [7, 11) is 0. The topological polar surface area (TPSA) is 0 Å². The van der Waals surface area contributed by atoms with Gasteiger partial charge in [0.15, 0.2) is 0 Å². The molecule has 0 aliphatic rings. The van der Waals surface area contributed by atoms with Crippen LogP contribution in [-0.2, 0) is 6.42 Å². The average molecular weight is 432 g/mol. The Bertz CT molecular complexity index is 334. The third-order valence-corrected chi connectivity index (χ3v) is 4.96. The van der Waals surface area contributed by atoms with Gasteiger partial charge in [-0.3, -0.25) is 0 Å². The first-order valence-corrected chi connectivity index (χ1v) is 7.56. The molecule has 3 heteroatoms. The van der Waals surface area contributed by atoms with E-state index < -0.39 is 0 Å². The molecule has 0 fully saturated rings. The Morgan fingerprint density at radius 3 is 2.64 bits per heavy atom. The van der Waals surface area contributed by atoms with E-state index in [1.54, 1.807) is 0 Å². The van der Waals surface area contributed by atoms with Crippen LogP contribution in [0.4, 0.5) is 0 Å². The van der Waals surface area contributed by atoms with Crippen molar-refractivity contribution in [3.05, 3.63) is 32.2 Å². The molecule has 0 atom stereocenters. The number of hydrogen-bond donors (Lipinski definition) is 0. The Labute approximate surface area is 115 Å². The van der Waals surface area contributed by atoms with Gasteiger partial charge in [0.1, 0.15) is 0 Å². The van der Waals surface area contributed by atoms with Crippen LogP contribution in [0.25, 0.3) is 0 Å². The summed E-state index contributed by atoms with van der Waals surface area (Å²) in [5, 5.41) is 0. The van der Waals surface area contributed by atoms with Crippen molar-refractivity contribution >= 4 is 57.7 Å². The SMILES string of the molecule is CCCCc1c(C=[Te])ccc(Br)c1Br. The van der Waals surface area contributed by atoms with Crippen LogP contribution in [-0.4, -0.2) is 25.9 Å². The molecule has 0 heterocycles. The van der Waals surface area contributed by atoms with Gasteiger partial charge in [-0.25, -0.2) is 0 Å². The fraction of sp³-hybridized carbons (Fsp3) is 0.364. The van der Waals surface area contributed by atoms with E-state index in [1.807, 2.05) is 21.8 Å². The second kappa shape index (κ2) is 6.43. The number of halogens is 2. The van der Waals surface area contributed by atoms with E-state index in [1.165, 1.54) is 28.4 Å². The van der Waals surface area contributed by atoms with Gasteiger partial charge in [-0.2, -0.15) is 0 Å². The first-order chi connectivity index (χ1) is 6.70. The summed E-state index contributed by atoms with van der Waals surface area (Å²) in [6, 6.07) is 4.26. The number of rotatable bonds is 4. The molecule has 1 aromatic rings. The van der Waals surface area contributed by atoms with Crippen LogP contribution in [0.3, 0.4) is 0 Å². The van der Waals surface area contributed by atoms with E-state index in [4.69, 9.17) is 0 Å². The van der Waals surface area contributed by atoms with Gasteiger partial charge in [0.2, 0.25) is 0 Å². The standard InChI is InChI=1S/C11H12Br2Te/c1-2-3-4-9-8(7-14)5-6-10(12)11(9)13/h5-7H,2-4H2,1H3. The molecule has 0 spiro atoms. The van der Waals surface area contributed by atoms with Crippen LogP contribution in [0.1, 0.15) is 30.9 Å². The van der Waals surface area contributed by atoms with Crippen molar-refractivity contribution in [2.24, 2.45) is 0 Å². The van der Waals surface area contributed by atoms with Gasteiger partial charge < -0.3 is 0 Å². The first kappa shape index (κ1) is 12.9. The van der Waals surface area contributed by atoms with Crippen molar-refractivity contribution in [3.63, 3.8) is 0 Å². The fourth-order valence-electron chi connectivity index (χ4n) is 1.33. The molecule has 0 amide bonds. The van der Waals surface area contributed by atoms with Gasteiger partial charge in [-0.15, -0.1) is 0 Å². The van der Waals surface area contributed by atoms with E-state index in [0.717, 1.165) is 10.9 Å². The van der Waals surface area contributed by atoms with Crippen molar-refractivity contribution in [1.29, 1.82) is 0 Å². The van der Waals surface area contributed by atoms with Gasteiger partial charge in [-0.1, -0.05) is 0 Å². The van der Waals surface area contributed by atoms with Crippen molar-refractivity contribution < 1.29 is 0 Å². The summed E-state index contributed by atoms with van der Waals surface area (Å²) in [5.41, 5.74) is 2.77. The summed E-state index contributed by atoms with van der Waals surface area (Å²) >= 11 is 9.20. The third-order valence-electron chi connectivity index (χ3n) is 2.14. The Hall–Kier alpha value is 0.840. The maximum absolute atomic E-state index is 3.64. The number of unbranched alkanes of at least 4 members (excludes halogenated alkanes) is 1. The van der Waals surface area contributed by atoms with Gasteiger partial charge in [0, 0.05) is 0 Å². The second-order valence-corrected chi connectivity index (χ2v) is 5.47. The molecule has 1 aromatic carbocycles. The Balaban J connectivity index is 3.07. The summed E-state index contributed by atoms with van der Waals surface area (Å²) in [6.07, 6.45) is 3.64. The van der Waals surface area contributed by atoms with Gasteiger partial charge in [0.25, 0.3) is 0 Å². The van der Waals surface area contributed by atoms with E-state index in [9.17, 15) is 0 Å². The third kappa shape index (κ3) is 3.17. The molecule has 0 N–H and O–H groups in total. The van der Waals surface area contributed by atoms with Crippen molar-refractivity contribution in [2.45, 2.75) is 26.2 Å². The molecular formula is C11H12Br2Te. The Morgan fingerprint density at radius 2 is 2.07 bits per heavy atom. The summed E-state index contributed by atoms with van der Waals surface area (Å²) in [6.45, 7) is 2.22. The molecule has 0 saturated heterocycles. The monoisotopic (exact) mass is 432 g/mol. The van der Waals surface area contributed by atoms with Crippen molar-refractivity contribution in [3.8, 4) is 0 Å². The van der Waals surface area contributed by atoms with Crippen LogP contribution in [0.5, 0.6) is 0 Å². The van der Waals surface area contributed by atoms with E-state index in [0.29, 0.717) is 0 Å². The maximum atomic E-state index is 3.64. The molecule has 0 unspecified atom stereocenters. The van der Waals surface area contributed by atoms with Crippen LogP contribution in [0.2, 0.25) is 0 Å². The number of hydrogen-bond acceptors (Lipinski definition) is 0. The molecule has 14 heavy (non-hydrogen) atoms. The van der Waals surface area contributed by atoms with E-state index >= 15 is 0 Å². The van der Waals surface area contributed by atoms with Gasteiger partial charge in [0.05, 0.1) is 0 Å². The second-order valence-electron chi connectivity index (χ2n) is 3.15. The van der Waals surface area contributed by atoms with Crippen LogP contribution in [0.15, 0.2) is 21.1 Å². The summed E-state index contributed by atoms with van der Waals surface area (Å²) in [5.74, 6) is 0. The molecule has 0 bridgehead atoms. The van der Waals surface area contributed by atoms with Crippen molar-refractivity contribution in [1.82, 2.24) is 0 Å². The van der Waals surface area contributed by atoms with Crippen LogP contribution < -0.4 is 0 Å². The molecule has 0 aromatic heterocycles. The Morgan fingerprint density at radius 1 is 1.36 bits per heavy atom. The molecular weight excluding hydrogens is 420 g/mol. The zero-order valence-corrected chi connectivity index (χ0v) is 13.5. The summed E-state index contributed by atoms with van der Waals surface area (Å²) in [4.78, 5) is 0. The first-order valence-electron chi connectivity index (χ1n) is 4.62. The fourth-order valence-corrected chi connectivity index (χ4v) is 2.89. The predicted molar refractivity (Wildman–Crippen MR) is 71.4 cm³/mol. The molecule has 0 radical (unpaired) electrons. The zero-order chi connectivity index (χ0) is 10.6. The predicted octanol–water partition coefficient (Wildman–Crippen LogP) is 3.87. The van der Waals surface area contributed by atoms with Crippen LogP contribution in [0, 0.1) is 0 Å². The van der Waals surface area contributed by atoms with Crippen LogP contribution >= 0.6 is 31.9 Å². The normalized spacial score (nSPS) is 10.2. The van der Waals surface area contributed by atoms with Gasteiger partial charge >= 0.3 is 116 Å². The molecule has 0 saturated carbocycles. The van der Waals surface area contributed by atoms with Crippen molar-refractivity contribution in [2.75, 3.05) is 0 Å². The molecule has 0 nitrogen and oxygen atoms in total. The minimum atomic E-state index is 1.15. The molecule has 76 valence electrons. The quantitative estimate of drug-likeness (QED) is 0.635.